The highest BCUT2D eigenvalue weighted by atomic mass is 35.5. The zero-order valence-corrected chi connectivity index (χ0v) is 16.0. The highest BCUT2D eigenvalue weighted by Gasteiger charge is 2.33. The van der Waals surface area contributed by atoms with E-state index in [-0.39, 0.29) is 34.9 Å². The monoisotopic (exact) mass is 430 g/mol. The Morgan fingerprint density at radius 1 is 1.39 bits per heavy atom. The summed E-state index contributed by atoms with van der Waals surface area (Å²) in [5.41, 5.74) is -0.0612. The number of hydrogen-bond acceptors (Lipinski definition) is 4. The second-order valence-corrected chi connectivity index (χ2v) is 6.96. The lowest BCUT2D eigenvalue weighted by Gasteiger charge is -2.15. The number of anilines is 1. The van der Waals surface area contributed by atoms with Crippen LogP contribution in [-0.2, 0) is 9.53 Å². The van der Waals surface area contributed by atoms with Crippen LogP contribution in [-0.4, -0.2) is 40.7 Å². The topological polar surface area (TPSA) is 76.5 Å². The van der Waals surface area contributed by atoms with Crippen molar-refractivity contribution in [3.05, 3.63) is 46.5 Å². The summed E-state index contributed by atoms with van der Waals surface area (Å²) in [4.78, 5) is 28.0. The molecule has 1 fully saturated rings. The molecule has 0 aliphatic carbocycles. The molecule has 148 valence electrons. The number of nitrogens with zero attached hydrogens (tertiary/aromatic N) is 3. The predicted molar refractivity (Wildman–Crippen MR) is 99.5 cm³/mol. The third-order valence-corrected chi connectivity index (χ3v) is 4.10. The fraction of sp³-hybridized carbons (Fsp3) is 0.235. The van der Waals surface area contributed by atoms with Gasteiger partial charge < -0.3 is 14.6 Å². The lowest BCUT2D eigenvalue weighted by atomic mass is 10.2. The molecule has 2 amide bonds. The standard InChI is InChI=1S/C17H14Cl2F2N4O3/c1-9(26)22-5-12-7-25(17(27)28-12)11-3-13(20)16(14(21)4-11)24-6-10(23-8-24)2-15(18)19/h2-4,6,8,12H,5,7H2,1H3,(H,22,26)/t12-/m0/s1. The molecule has 1 aromatic heterocycles. The Bertz CT molecular complexity index is 937. The predicted octanol–water partition coefficient (Wildman–Crippen LogP) is 3.39. The molecule has 1 aliphatic rings. The van der Waals surface area contributed by atoms with E-state index >= 15 is 0 Å². The third kappa shape index (κ3) is 4.42. The molecule has 1 atom stereocenters. The van der Waals surface area contributed by atoms with Crippen LogP contribution in [0.2, 0.25) is 0 Å². The second-order valence-electron chi connectivity index (χ2n) is 5.95. The highest BCUT2D eigenvalue weighted by Crippen LogP contribution is 2.28. The van der Waals surface area contributed by atoms with Crippen LogP contribution < -0.4 is 10.2 Å². The van der Waals surface area contributed by atoms with Gasteiger partial charge in [0, 0.05) is 25.3 Å². The second kappa shape index (κ2) is 8.15. The Hall–Kier alpha value is -2.65. The van der Waals surface area contributed by atoms with Crippen LogP contribution in [0.25, 0.3) is 11.8 Å². The van der Waals surface area contributed by atoms with Gasteiger partial charge in [-0.2, -0.15) is 0 Å². The average molecular weight is 431 g/mol. The molecule has 1 aromatic carbocycles. The Balaban J connectivity index is 1.84. The number of aromatic nitrogens is 2. The number of carbonyl (C=O) groups excluding carboxylic acids is 2. The molecule has 1 aliphatic heterocycles. The molecular formula is C17H14Cl2F2N4O3. The summed E-state index contributed by atoms with van der Waals surface area (Å²) < 4.78 is 35.4. The first kappa shape index (κ1) is 20.1. The van der Waals surface area contributed by atoms with Crippen LogP contribution in [0.15, 0.2) is 29.1 Å². The molecule has 2 aromatic rings. The summed E-state index contributed by atoms with van der Waals surface area (Å²) in [5.74, 6) is -2.09. The molecule has 28 heavy (non-hydrogen) atoms. The smallest absolute Gasteiger partial charge is 0.414 e. The van der Waals surface area contributed by atoms with Crippen molar-refractivity contribution in [2.45, 2.75) is 13.0 Å². The summed E-state index contributed by atoms with van der Waals surface area (Å²) >= 11 is 11.1. The number of imidazole rings is 1. The first-order valence-electron chi connectivity index (χ1n) is 8.03. The zero-order valence-electron chi connectivity index (χ0n) is 14.5. The number of amides is 2. The van der Waals surface area contributed by atoms with Gasteiger partial charge in [0.1, 0.15) is 22.6 Å². The van der Waals surface area contributed by atoms with Crippen molar-refractivity contribution in [3.63, 3.8) is 0 Å². The van der Waals surface area contributed by atoms with Gasteiger partial charge in [0.15, 0.2) is 11.6 Å². The quantitative estimate of drug-likeness (QED) is 0.788. The van der Waals surface area contributed by atoms with Crippen LogP contribution in [0.4, 0.5) is 19.3 Å². The Kier molecular flexibility index (Phi) is 5.85. The van der Waals surface area contributed by atoms with E-state index < -0.39 is 23.8 Å². The minimum absolute atomic E-state index is 0.00175. The number of hydrogen-bond donors (Lipinski definition) is 1. The summed E-state index contributed by atoms with van der Waals surface area (Å²) in [6.07, 6.45) is 2.50. The summed E-state index contributed by atoms with van der Waals surface area (Å²) in [6.45, 7) is 1.48. The lowest BCUT2D eigenvalue weighted by Crippen LogP contribution is -2.33. The van der Waals surface area contributed by atoms with Crippen LogP contribution in [0.5, 0.6) is 0 Å². The van der Waals surface area contributed by atoms with Crippen LogP contribution >= 0.6 is 23.2 Å². The SMILES string of the molecule is CC(=O)NC[C@H]1CN(c2cc(F)c(-n3cnc(C=C(Cl)Cl)c3)c(F)c2)C(=O)O1. The molecule has 2 heterocycles. The highest BCUT2D eigenvalue weighted by molar-refractivity contribution is 6.57. The summed E-state index contributed by atoms with van der Waals surface area (Å²) in [6, 6.07) is 2.04. The third-order valence-electron chi connectivity index (χ3n) is 3.88. The van der Waals surface area contributed by atoms with E-state index in [2.05, 4.69) is 10.3 Å². The maximum atomic E-state index is 14.6. The Morgan fingerprint density at radius 3 is 2.68 bits per heavy atom. The number of rotatable bonds is 5. The van der Waals surface area contributed by atoms with Gasteiger partial charge in [-0.05, 0) is 6.08 Å². The van der Waals surface area contributed by atoms with Crippen LogP contribution in [0.1, 0.15) is 12.6 Å². The van der Waals surface area contributed by atoms with Crippen LogP contribution in [0, 0.1) is 11.6 Å². The van der Waals surface area contributed by atoms with Crippen molar-refractivity contribution in [1.29, 1.82) is 0 Å². The number of nitrogens with one attached hydrogen (secondary N) is 1. The molecule has 0 unspecified atom stereocenters. The van der Waals surface area contributed by atoms with Crippen LogP contribution in [0.3, 0.4) is 0 Å². The lowest BCUT2D eigenvalue weighted by molar-refractivity contribution is -0.119. The molecule has 1 N–H and O–H groups in total. The van der Waals surface area contributed by atoms with E-state index in [0.29, 0.717) is 5.69 Å². The van der Waals surface area contributed by atoms with Gasteiger partial charge in [-0.1, -0.05) is 23.2 Å². The average Bonchev–Trinajstić information content (AvgIpc) is 3.18. The van der Waals surface area contributed by atoms with E-state index in [4.69, 9.17) is 27.9 Å². The maximum Gasteiger partial charge on any atom is 0.414 e. The summed E-state index contributed by atoms with van der Waals surface area (Å²) in [5, 5.41) is 2.52. The van der Waals surface area contributed by atoms with E-state index in [9.17, 15) is 18.4 Å². The summed E-state index contributed by atoms with van der Waals surface area (Å²) in [7, 11) is 0. The normalized spacial score (nSPS) is 16.1. The van der Waals surface area contributed by atoms with Gasteiger partial charge in [-0.25, -0.2) is 18.6 Å². The zero-order chi connectivity index (χ0) is 20.4. The molecule has 3 rings (SSSR count). The van der Waals surface area contributed by atoms with Crippen molar-refractivity contribution in [1.82, 2.24) is 14.9 Å². The minimum atomic E-state index is -0.905. The molecule has 11 heteroatoms. The fourth-order valence-electron chi connectivity index (χ4n) is 2.70. The molecule has 0 spiro atoms. The Labute approximate surface area is 168 Å². The van der Waals surface area contributed by atoms with Crippen molar-refractivity contribution in [3.8, 4) is 5.69 Å². The largest absolute Gasteiger partial charge is 0.442 e. The van der Waals surface area contributed by atoms with Crippen molar-refractivity contribution in [2.75, 3.05) is 18.0 Å². The van der Waals surface area contributed by atoms with E-state index in [1.54, 1.807) is 0 Å². The Morgan fingerprint density at radius 2 is 2.07 bits per heavy atom. The molecule has 0 radical (unpaired) electrons. The number of cyclic esters (lactones) is 1. The molecular weight excluding hydrogens is 417 g/mol. The van der Waals surface area contributed by atoms with Gasteiger partial charge in [0.25, 0.3) is 0 Å². The van der Waals surface area contributed by atoms with Crippen molar-refractivity contribution < 1.29 is 23.1 Å². The molecule has 7 nitrogen and oxygen atoms in total. The van der Waals surface area contributed by atoms with E-state index in [1.165, 1.54) is 25.5 Å². The number of ether oxygens (including phenoxy) is 1. The fourth-order valence-corrected chi connectivity index (χ4v) is 2.92. The van der Waals surface area contributed by atoms with E-state index in [0.717, 1.165) is 21.6 Å². The van der Waals surface area contributed by atoms with Crippen molar-refractivity contribution in [2.24, 2.45) is 0 Å². The number of carbonyl (C=O) groups is 2. The number of halogens is 4. The first-order valence-corrected chi connectivity index (χ1v) is 8.79. The van der Waals surface area contributed by atoms with Gasteiger partial charge >= 0.3 is 6.09 Å². The van der Waals surface area contributed by atoms with Gasteiger partial charge in [0.05, 0.1) is 24.5 Å². The van der Waals surface area contributed by atoms with Crippen molar-refractivity contribution >= 4 is 47.0 Å². The van der Waals surface area contributed by atoms with E-state index in [1.807, 2.05) is 0 Å². The van der Waals surface area contributed by atoms with Gasteiger partial charge in [-0.3, -0.25) is 9.69 Å². The number of benzene rings is 1. The maximum absolute atomic E-state index is 14.6. The minimum Gasteiger partial charge on any atom is -0.442 e. The van der Waals surface area contributed by atoms with Gasteiger partial charge in [-0.15, -0.1) is 0 Å². The van der Waals surface area contributed by atoms with Gasteiger partial charge in [0.2, 0.25) is 5.91 Å². The molecule has 1 saturated heterocycles. The molecule has 0 saturated carbocycles. The molecule has 0 bridgehead atoms. The first-order chi connectivity index (χ1) is 13.2.